The molecule has 0 atom stereocenters. The van der Waals surface area contributed by atoms with Gasteiger partial charge in [0.15, 0.2) is 0 Å². The van der Waals surface area contributed by atoms with Gasteiger partial charge in [0.05, 0.1) is 17.6 Å². The Morgan fingerprint density at radius 2 is 1.95 bits per heavy atom. The molecule has 0 saturated heterocycles. The Morgan fingerprint density at radius 1 is 1.30 bits per heavy atom. The number of imidazole rings is 1. The average Bonchev–Trinajstić information content (AvgIpc) is 2.71. The van der Waals surface area contributed by atoms with Crippen molar-refractivity contribution < 1.29 is 4.79 Å². The van der Waals surface area contributed by atoms with Crippen molar-refractivity contribution in [2.45, 2.75) is 26.4 Å². The van der Waals surface area contributed by atoms with Gasteiger partial charge in [-0.05, 0) is 18.6 Å². The van der Waals surface area contributed by atoms with Gasteiger partial charge in [0.2, 0.25) is 5.91 Å². The number of rotatable bonds is 5. The summed E-state index contributed by atoms with van der Waals surface area (Å²) in [4.78, 5) is 24.2. The highest BCUT2D eigenvalue weighted by molar-refractivity contribution is 5.81. The van der Waals surface area contributed by atoms with E-state index in [2.05, 4.69) is 11.2 Å². The van der Waals surface area contributed by atoms with Crippen molar-refractivity contribution in [3.8, 4) is 12.3 Å². The van der Waals surface area contributed by atoms with Crippen LogP contribution in [0.1, 0.15) is 13.3 Å². The first-order valence-corrected chi connectivity index (χ1v) is 6.57. The van der Waals surface area contributed by atoms with Gasteiger partial charge < -0.3 is 5.32 Å². The van der Waals surface area contributed by atoms with Gasteiger partial charge in [0.25, 0.3) is 0 Å². The highest BCUT2D eigenvalue weighted by Crippen LogP contribution is 2.12. The van der Waals surface area contributed by atoms with E-state index in [1.807, 2.05) is 31.2 Å². The topological polar surface area (TPSA) is 56.0 Å². The van der Waals surface area contributed by atoms with Crippen LogP contribution >= 0.6 is 0 Å². The Kier molecular flexibility index (Phi) is 4.26. The summed E-state index contributed by atoms with van der Waals surface area (Å²) in [5, 5.41) is 2.57. The van der Waals surface area contributed by atoms with Gasteiger partial charge in [-0.25, -0.2) is 4.79 Å². The fourth-order valence-electron chi connectivity index (χ4n) is 2.21. The van der Waals surface area contributed by atoms with E-state index in [4.69, 9.17) is 6.42 Å². The van der Waals surface area contributed by atoms with Crippen LogP contribution in [-0.4, -0.2) is 21.6 Å². The van der Waals surface area contributed by atoms with E-state index in [1.165, 1.54) is 4.57 Å². The van der Waals surface area contributed by atoms with Crippen LogP contribution in [0.2, 0.25) is 0 Å². The summed E-state index contributed by atoms with van der Waals surface area (Å²) in [6.07, 6.45) is 5.96. The summed E-state index contributed by atoms with van der Waals surface area (Å²) < 4.78 is 3.18. The molecule has 0 aliphatic rings. The molecule has 0 saturated carbocycles. The van der Waals surface area contributed by atoms with Gasteiger partial charge in [-0.2, -0.15) is 0 Å². The molecule has 1 aromatic heterocycles. The van der Waals surface area contributed by atoms with Crippen molar-refractivity contribution in [2.75, 3.05) is 6.54 Å². The fraction of sp³-hybridized carbons (Fsp3) is 0.333. The molecule has 0 aliphatic heterocycles. The monoisotopic (exact) mass is 271 g/mol. The molecule has 104 valence electrons. The number of hydrogen-bond acceptors (Lipinski definition) is 2. The second-order valence-corrected chi connectivity index (χ2v) is 4.49. The third-order valence-corrected chi connectivity index (χ3v) is 3.06. The van der Waals surface area contributed by atoms with E-state index in [9.17, 15) is 9.59 Å². The number of nitrogens with zero attached hydrogens (tertiary/aromatic N) is 2. The molecule has 2 rings (SSSR count). The van der Waals surface area contributed by atoms with Crippen LogP contribution in [0.15, 0.2) is 29.1 Å². The van der Waals surface area contributed by atoms with E-state index in [1.54, 1.807) is 4.57 Å². The summed E-state index contributed by atoms with van der Waals surface area (Å²) in [5.74, 6) is 2.08. The van der Waals surface area contributed by atoms with E-state index in [-0.39, 0.29) is 24.7 Å². The predicted octanol–water partition coefficient (Wildman–Crippen LogP) is 0.962. The molecule has 1 N–H and O–H groups in total. The van der Waals surface area contributed by atoms with Gasteiger partial charge >= 0.3 is 5.69 Å². The van der Waals surface area contributed by atoms with Gasteiger partial charge in [-0.15, -0.1) is 6.42 Å². The molecule has 0 aliphatic carbocycles. The smallest absolute Gasteiger partial charge is 0.329 e. The van der Waals surface area contributed by atoms with Crippen molar-refractivity contribution in [1.29, 1.82) is 0 Å². The number of nitrogens with one attached hydrogen (secondary N) is 1. The number of carbonyl (C=O) groups is 1. The van der Waals surface area contributed by atoms with Crippen LogP contribution in [-0.2, 0) is 17.9 Å². The van der Waals surface area contributed by atoms with Crippen molar-refractivity contribution in [2.24, 2.45) is 0 Å². The zero-order chi connectivity index (χ0) is 14.5. The van der Waals surface area contributed by atoms with Crippen LogP contribution in [0.4, 0.5) is 0 Å². The lowest BCUT2D eigenvalue weighted by Gasteiger charge is -2.03. The van der Waals surface area contributed by atoms with Crippen molar-refractivity contribution in [1.82, 2.24) is 14.5 Å². The fourth-order valence-corrected chi connectivity index (χ4v) is 2.21. The molecule has 20 heavy (non-hydrogen) atoms. The zero-order valence-corrected chi connectivity index (χ0v) is 11.4. The van der Waals surface area contributed by atoms with Crippen LogP contribution < -0.4 is 11.0 Å². The summed E-state index contributed by atoms with van der Waals surface area (Å²) in [6, 6.07) is 7.48. The van der Waals surface area contributed by atoms with Crippen molar-refractivity contribution >= 4 is 16.9 Å². The molecule has 1 heterocycles. The lowest BCUT2D eigenvalue weighted by atomic mass is 10.3. The Labute approximate surface area is 117 Å². The predicted molar refractivity (Wildman–Crippen MR) is 78.3 cm³/mol. The molecule has 0 spiro atoms. The summed E-state index contributed by atoms with van der Waals surface area (Å²) in [7, 11) is 0. The van der Waals surface area contributed by atoms with Gasteiger partial charge in [0, 0.05) is 6.54 Å². The standard InChI is InChI=1S/C15H17N3O2/c1-3-9-16-14(19)11-18-13-8-6-5-7-12(13)17(10-4-2)15(18)20/h1,5-8H,4,9-11H2,2H3,(H,16,19). The van der Waals surface area contributed by atoms with E-state index >= 15 is 0 Å². The molecule has 5 nitrogen and oxygen atoms in total. The van der Waals surface area contributed by atoms with Crippen LogP contribution in [0.5, 0.6) is 0 Å². The number of benzene rings is 1. The average molecular weight is 271 g/mol. The Bertz CT molecular complexity index is 719. The minimum Gasteiger partial charge on any atom is -0.344 e. The second kappa shape index (κ2) is 6.11. The second-order valence-electron chi connectivity index (χ2n) is 4.49. The highest BCUT2D eigenvalue weighted by Gasteiger charge is 2.14. The molecule has 5 heteroatoms. The molecule has 1 aromatic carbocycles. The van der Waals surface area contributed by atoms with Gasteiger partial charge in [-0.3, -0.25) is 13.9 Å². The van der Waals surface area contributed by atoms with Crippen LogP contribution in [0.3, 0.4) is 0 Å². The van der Waals surface area contributed by atoms with E-state index in [0.717, 1.165) is 17.5 Å². The summed E-state index contributed by atoms with van der Waals surface area (Å²) in [6.45, 7) is 2.80. The number of aryl methyl sites for hydroxylation is 1. The maximum Gasteiger partial charge on any atom is 0.329 e. The normalized spacial score (nSPS) is 10.4. The molecule has 0 fully saturated rings. The number of aromatic nitrogens is 2. The van der Waals surface area contributed by atoms with Crippen LogP contribution in [0.25, 0.3) is 11.0 Å². The maximum atomic E-state index is 12.4. The molecular formula is C15H17N3O2. The summed E-state index contributed by atoms with van der Waals surface area (Å²) in [5.41, 5.74) is 1.45. The van der Waals surface area contributed by atoms with E-state index in [0.29, 0.717) is 6.54 Å². The molecule has 0 radical (unpaired) electrons. The molecule has 2 aromatic rings. The third-order valence-electron chi connectivity index (χ3n) is 3.06. The maximum absolute atomic E-state index is 12.4. The van der Waals surface area contributed by atoms with Gasteiger partial charge in [0.1, 0.15) is 6.54 Å². The lowest BCUT2D eigenvalue weighted by molar-refractivity contribution is -0.121. The number of fused-ring (bicyclic) bond motifs is 1. The first kappa shape index (κ1) is 13.9. The molecule has 1 amide bonds. The van der Waals surface area contributed by atoms with Crippen molar-refractivity contribution in [3.63, 3.8) is 0 Å². The Morgan fingerprint density at radius 3 is 2.55 bits per heavy atom. The SMILES string of the molecule is C#CCNC(=O)Cn1c(=O)n(CCC)c2ccccc21. The number of hydrogen-bond donors (Lipinski definition) is 1. The number of para-hydroxylation sites is 2. The minimum atomic E-state index is -0.260. The zero-order valence-electron chi connectivity index (χ0n) is 11.4. The van der Waals surface area contributed by atoms with Crippen molar-refractivity contribution in [3.05, 3.63) is 34.7 Å². The largest absolute Gasteiger partial charge is 0.344 e. The first-order chi connectivity index (χ1) is 9.69. The highest BCUT2D eigenvalue weighted by atomic mass is 16.2. The third kappa shape index (κ3) is 2.59. The molecule has 0 unspecified atom stereocenters. The number of terminal acetylenes is 1. The van der Waals surface area contributed by atoms with Crippen LogP contribution in [0, 0.1) is 12.3 Å². The molecular weight excluding hydrogens is 254 g/mol. The quantitative estimate of drug-likeness (QED) is 0.824. The summed E-state index contributed by atoms with van der Waals surface area (Å²) >= 11 is 0. The van der Waals surface area contributed by atoms with E-state index < -0.39 is 0 Å². The molecule has 0 bridgehead atoms. The lowest BCUT2D eigenvalue weighted by Crippen LogP contribution is -2.33. The Hall–Kier alpha value is -2.48. The first-order valence-electron chi connectivity index (χ1n) is 6.57. The minimum absolute atomic E-state index is 0.0161. The number of amides is 1. The number of carbonyl (C=O) groups excluding carboxylic acids is 1. The Balaban J connectivity index is 2.43. The van der Waals surface area contributed by atoms with Gasteiger partial charge in [-0.1, -0.05) is 25.0 Å².